The minimum atomic E-state index is -1.14. The summed E-state index contributed by atoms with van der Waals surface area (Å²) in [4.78, 5) is 34.2. The number of carbonyl (C=O) groups excluding carboxylic acids is 1. The zero-order chi connectivity index (χ0) is 17.3. The van der Waals surface area contributed by atoms with Gasteiger partial charge in [0.1, 0.15) is 0 Å². The number of nitrogens with zero attached hydrogens (tertiary/aromatic N) is 1. The third-order valence-corrected chi connectivity index (χ3v) is 4.46. The maximum atomic E-state index is 12.3. The van der Waals surface area contributed by atoms with Gasteiger partial charge in [-0.1, -0.05) is 12.1 Å². The molecular formula is C16H10N2O5S. The Labute approximate surface area is 139 Å². The van der Waals surface area contributed by atoms with Crippen molar-refractivity contribution >= 4 is 44.7 Å². The van der Waals surface area contributed by atoms with Crippen molar-refractivity contribution in [3.8, 4) is 0 Å². The van der Waals surface area contributed by atoms with Crippen LogP contribution in [0.15, 0.2) is 48.5 Å². The molecule has 0 fully saturated rings. The highest BCUT2D eigenvalue weighted by Gasteiger charge is 2.16. The van der Waals surface area contributed by atoms with E-state index in [1.54, 1.807) is 24.3 Å². The van der Waals surface area contributed by atoms with Crippen LogP contribution in [0.25, 0.3) is 10.1 Å². The molecule has 7 nitrogen and oxygen atoms in total. The largest absolute Gasteiger partial charge is 0.478 e. The molecule has 3 rings (SSSR count). The number of nitrogens with one attached hydrogen (secondary N) is 1. The molecule has 2 aromatic carbocycles. The number of carboxylic acids is 1. The van der Waals surface area contributed by atoms with E-state index in [2.05, 4.69) is 5.32 Å². The lowest BCUT2D eigenvalue weighted by Gasteiger charge is -2.06. The summed E-state index contributed by atoms with van der Waals surface area (Å²) in [5.74, 6) is -1.61. The Bertz CT molecular complexity index is 980. The minimum Gasteiger partial charge on any atom is -0.478 e. The number of hydrogen-bond acceptors (Lipinski definition) is 5. The molecule has 2 N–H and O–H groups in total. The second-order valence-electron chi connectivity index (χ2n) is 4.89. The molecule has 24 heavy (non-hydrogen) atoms. The van der Waals surface area contributed by atoms with Crippen LogP contribution in [-0.2, 0) is 0 Å². The van der Waals surface area contributed by atoms with Crippen LogP contribution in [0.4, 0.5) is 11.4 Å². The van der Waals surface area contributed by atoms with Crippen LogP contribution in [0.5, 0.6) is 0 Å². The van der Waals surface area contributed by atoms with Gasteiger partial charge in [-0.15, -0.1) is 11.3 Å². The number of thiophene rings is 1. The molecule has 0 saturated heterocycles. The number of nitro benzene ring substituents is 1. The highest BCUT2D eigenvalue weighted by molar-refractivity contribution is 7.20. The van der Waals surface area contributed by atoms with Gasteiger partial charge < -0.3 is 10.4 Å². The Morgan fingerprint density at radius 2 is 1.88 bits per heavy atom. The molecule has 3 aromatic rings. The second kappa shape index (κ2) is 6.09. The molecule has 0 atom stereocenters. The van der Waals surface area contributed by atoms with Crippen molar-refractivity contribution in [3.63, 3.8) is 0 Å². The molecule has 0 aliphatic heterocycles. The Morgan fingerprint density at radius 3 is 2.58 bits per heavy atom. The third kappa shape index (κ3) is 2.95. The lowest BCUT2D eigenvalue weighted by molar-refractivity contribution is -0.384. The van der Waals surface area contributed by atoms with Gasteiger partial charge in [0.05, 0.1) is 21.1 Å². The van der Waals surface area contributed by atoms with Gasteiger partial charge in [-0.05, 0) is 24.3 Å². The van der Waals surface area contributed by atoms with Crippen molar-refractivity contribution in [2.24, 2.45) is 0 Å². The predicted octanol–water partition coefficient (Wildman–Crippen LogP) is 3.76. The van der Waals surface area contributed by atoms with E-state index in [1.807, 2.05) is 0 Å². The average Bonchev–Trinajstić information content (AvgIpc) is 2.98. The van der Waals surface area contributed by atoms with E-state index in [0.29, 0.717) is 10.3 Å². The number of benzene rings is 2. The van der Waals surface area contributed by atoms with Crippen LogP contribution in [0.3, 0.4) is 0 Å². The highest BCUT2D eigenvalue weighted by atomic mass is 32.1. The van der Waals surface area contributed by atoms with Crippen molar-refractivity contribution in [3.05, 3.63) is 69.1 Å². The smallest absolute Gasteiger partial charge is 0.337 e. The van der Waals surface area contributed by atoms with E-state index in [4.69, 9.17) is 5.11 Å². The topological polar surface area (TPSA) is 110 Å². The van der Waals surface area contributed by atoms with E-state index in [9.17, 15) is 19.7 Å². The van der Waals surface area contributed by atoms with Gasteiger partial charge in [-0.25, -0.2) is 4.79 Å². The first-order chi connectivity index (χ1) is 11.5. The number of non-ortho nitro benzene ring substituents is 1. The van der Waals surface area contributed by atoms with Crippen molar-refractivity contribution in [1.29, 1.82) is 0 Å². The summed E-state index contributed by atoms with van der Waals surface area (Å²) in [5, 5.41) is 23.1. The minimum absolute atomic E-state index is 0.0115. The number of carbonyl (C=O) groups is 2. The number of nitro groups is 1. The van der Waals surface area contributed by atoms with E-state index in [1.165, 1.54) is 35.6 Å². The second-order valence-corrected chi connectivity index (χ2v) is 5.98. The van der Waals surface area contributed by atoms with Crippen molar-refractivity contribution in [2.75, 3.05) is 5.32 Å². The summed E-state index contributed by atoms with van der Waals surface area (Å²) < 4.78 is 0.734. The van der Waals surface area contributed by atoms with Gasteiger partial charge in [0.25, 0.3) is 11.6 Å². The van der Waals surface area contributed by atoms with Crippen LogP contribution in [0, 0.1) is 10.1 Å². The Balaban J connectivity index is 1.92. The van der Waals surface area contributed by atoms with Crippen molar-refractivity contribution in [2.45, 2.75) is 0 Å². The fourth-order valence-electron chi connectivity index (χ4n) is 2.22. The Morgan fingerprint density at radius 1 is 1.12 bits per heavy atom. The van der Waals surface area contributed by atoms with E-state index >= 15 is 0 Å². The van der Waals surface area contributed by atoms with Gasteiger partial charge in [0.2, 0.25) is 0 Å². The lowest BCUT2D eigenvalue weighted by atomic mass is 10.1. The summed E-state index contributed by atoms with van der Waals surface area (Å²) in [6.07, 6.45) is 0. The first kappa shape index (κ1) is 15.6. The highest BCUT2D eigenvalue weighted by Crippen LogP contribution is 2.29. The van der Waals surface area contributed by atoms with Crippen LogP contribution < -0.4 is 5.32 Å². The third-order valence-electron chi connectivity index (χ3n) is 3.34. The molecule has 8 heteroatoms. The predicted molar refractivity (Wildman–Crippen MR) is 89.8 cm³/mol. The average molecular weight is 342 g/mol. The number of anilines is 1. The molecule has 1 heterocycles. The van der Waals surface area contributed by atoms with Crippen LogP contribution in [0.2, 0.25) is 0 Å². The quantitative estimate of drug-likeness (QED) is 0.554. The molecular weight excluding hydrogens is 332 g/mol. The zero-order valence-electron chi connectivity index (χ0n) is 12.1. The summed E-state index contributed by atoms with van der Waals surface area (Å²) in [7, 11) is 0. The first-order valence-corrected chi connectivity index (χ1v) is 7.59. The van der Waals surface area contributed by atoms with Gasteiger partial charge in [0.15, 0.2) is 0 Å². The normalized spacial score (nSPS) is 10.5. The van der Waals surface area contributed by atoms with Crippen LogP contribution >= 0.6 is 11.3 Å². The van der Waals surface area contributed by atoms with Crippen molar-refractivity contribution in [1.82, 2.24) is 0 Å². The molecule has 0 unspecified atom stereocenters. The Hall–Kier alpha value is -3.26. The maximum Gasteiger partial charge on any atom is 0.337 e. The molecule has 0 radical (unpaired) electrons. The number of fused-ring (bicyclic) bond motifs is 1. The lowest BCUT2D eigenvalue weighted by Crippen LogP contribution is -2.13. The number of hydrogen-bond donors (Lipinski definition) is 2. The molecule has 0 saturated carbocycles. The van der Waals surface area contributed by atoms with Crippen LogP contribution in [0.1, 0.15) is 20.0 Å². The number of para-hydroxylation sites is 1. The van der Waals surface area contributed by atoms with Gasteiger partial charge in [0, 0.05) is 22.2 Å². The molecule has 0 bridgehead atoms. The molecule has 120 valence electrons. The van der Waals surface area contributed by atoms with Gasteiger partial charge in [-0.2, -0.15) is 0 Å². The zero-order valence-corrected chi connectivity index (χ0v) is 12.9. The van der Waals surface area contributed by atoms with E-state index < -0.39 is 16.8 Å². The molecule has 0 aliphatic rings. The molecule has 0 aliphatic carbocycles. The maximum absolute atomic E-state index is 12.3. The van der Waals surface area contributed by atoms with Gasteiger partial charge >= 0.3 is 5.97 Å². The SMILES string of the molecule is O=C(Nc1ccccc1C(=O)O)c1cc2cc([N+](=O)[O-])ccc2s1. The fraction of sp³-hybridized carbons (Fsp3) is 0. The number of aromatic carboxylic acids is 1. The summed E-state index contributed by atoms with van der Waals surface area (Å²) in [5.41, 5.74) is 0.129. The number of rotatable bonds is 4. The van der Waals surface area contributed by atoms with Crippen molar-refractivity contribution < 1.29 is 19.6 Å². The van der Waals surface area contributed by atoms with Gasteiger partial charge in [-0.3, -0.25) is 14.9 Å². The van der Waals surface area contributed by atoms with E-state index in [-0.39, 0.29) is 16.9 Å². The summed E-state index contributed by atoms with van der Waals surface area (Å²) in [6, 6.07) is 12.0. The fourth-order valence-corrected chi connectivity index (χ4v) is 3.16. The monoisotopic (exact) mass is 342 g/mol. The van der Waals surface area contributed by atoms with Crippen LogP contribution in [-0.4, -0.2) is 21.9 Å². The first-order valence-electron chi connectivity index (χ1n) is 6.77. The van der Waals surface area contributed by atoms with E-state index in [0.717, 1.165) is 4.70 Å². The molecule has 0 spiro atoms. The molecule has 1 amide bonds. The summed E-state index contributed by atoms with van der Waals surface area (Å²) >= 11 is 1.18. The number of carboxylic acid groups (broad SMARTS) is 1. The standard InChI is InChI=1S/C16H10N2O5S/c19-15(17-12-4-2-1-3-11(12)16(20)21)14-8-9-7-10(18(22)23)5-6-13(9)24-14/h1-8H,(H,17,19)(H,20,21). The molecule has 1 aromatic heterocycles. The number of amides is 1. The summed E-state index contributed by atoms with van der Waals surface area (Å²) in [6.45, 7) is 0. The Kier molecular flexibility index (Phi) is 3.97.